The first kappa shape index (κ1) is 23.6. The number of rotatable bonds is 6. The molecule has 0 aliphatic carbocycles. The Morgan fingerprint density at radius 3 is 2.74 bits per heavy atom. The van der Waals surface area contributed by atoms with E-state index in [1.165, 1.54) is 11.1 Å². The molecule has 9 nitrogen and oxygen atoms in total. The highest BCUT2D eigenvalue weighted by Gasteiger charge is 2.40. The van der Waals surface area contributed by atoms with E-state index in [2.05, 4.69) is 71.8 Å². The van der Waals surface area contributed by atoms with Crippen LogP contribution in [0.25, 0.3) is 0 Å². The number of hydrogen-bond donors (Lipinski definition) is 4. The summed E-state index contributed by atoms with van der Waals surface area (Å²) in [6.07, 6.45) is 3.68. The van der Waals surface area contributed by atoms with Crippen LogP contribution in [0.5, 0.6) is 0 Å². The predicted molar refractivity (Wildman–Crippen MR) is 138 cm³/mol. The van der Waals surface area contributed by atoms with Crippen LogP contribution < -0.4 is 21.0 Å². The second kappa shape index (κ2) is 9.16. The van der Waals surface area contributed by atoms with Crippen molar-refractivity contribution in [2.75, 3.05) is 23.9 Å². The highest BCUT2D eigenvalue weighted by atomic mass is 16.3. The Hall–Kier alpha value is -3.11. The molecule has 9 heteroatoms. The molecule has 0 fully saturated rings. The largest absolute Gasteiger partial charge is 0.372 e. The maximum absolute atomic E-state index is 11.2. The lowest BCUT2D eigenvalue weighted by molar-refractivity contribution is -0.00418. The molecule has 0 spiro atoms. The number of aliphatic hydroxyl groups excluding tert-OH is 1. The van der Waals surface area contributed by atoms with Crippen LogP contribution >= 0.6 is 0 Å². The molecule has 1 aromatic carbocycles. The molecule has 35 heavy (non-hydrogen) atoms. The fraction of sp³-hybridized carbons (Fsp3) is 0.423. The van der Waals surface area contributed by atoms with Gasteiger partial charge in [-0.1, -0.05) is 6.07 Å². The summed E-state index contributed by atoms with van der Waals surface area (Å²) in [6, 6.07) is 10.4. The van der Waals surface area contributed by atoms with Crippen LogP contribution in [-0.2, 0) is 18.5 Å². The summed E-state index contributed by atoms with van der Waals surface area (Å²) < 4.78 is 0. The smallest absolute Gasteiger partial charge is 0.229 e. The third kappa shape index (κ3) is 4.36. The van der Waals surface area contributed by atoms with Gasteiger partial charge in [0.05, 0.1) is 22.5 Å². The average molecular weight is 475 g/mol. The van der Waals surface area contributed by atoms with Crippen LogP contribution in [0.3, 0.4) is 0 Å². The number of fused-ring (bicyclic) bond motifs is 2. The number of aliphatic hydroxyl groups is 1. The zero-order chi connectivity index (χ0) is 24.7. The van der Waals surface area contributed by atoms with Gasteiger partial charge in [0.1, 0.15) is 0 Å². The lowest BCUT2D eigenvalue weighted by Gasteiger charge is -2.35. The molecular weight excluding hydrogens is 440 g/mol. The van der Waals surface area contributed by atoms with Gasteiger partial charge >= 0.3 is 0 Å². The number of hydrogen-bond acceptors (Lipinski definition) is 9. The number of pyridine rings is 1. The van der Waals surface area contributed by atoms with Crippen molar-refractivity contribution in [1.82, 2.24) is 30.6 Å². The maximum atomic E-state index is 11.2. The van der Waals surface area contributed by atoms with Crippen LogP contribution in [0.15, 0.2) is 42.7 Å². The van der Waals surface area contributed by atoms with E-state index in [0.29, 0.717) is 17.3 Å². The molecule has 5 rings (SSSR count). The molecule has 4 N–H and O–H groups in total. The van der Waals surface area contributed by atoms with Gasteiger partial charge in [-0.05, 0) is 83.1 Å². The van der Waals surface area contributed by atoms with E-state index in [-0.39, 0.29) is 11.6 Å². The Labute approximate surface area is 206 Å². The molecule has 2 aliphatic rings. The second-order valence-corrected chi connectivity index (χ2v) is 9.94. The number of nitrogens with zero attached hydrogens (tertiary/aromatic N) is 5. The van der Waals surface area contributed by atoms with Gasteiger partial charge in [-0.25, -0.2) is 4.98 Å². The fourth-order valence-electron chi connectivity index (χ4n) is 4.63. The molecule has 2 aliphatic heterocycles. The van der Waals surface area contributed by atoms with Gasteiger partial charge in [0.25, 0.3) is 0 Å². The molecule has 2 aromatic heterocycles. The normalized spacial score (nSPS) is 18.0. The van der Waals surface area contributed by atoms with Crippen molar-refractivity contribution in [3.8, 4) is 0 Å². The SMILES string of the molecule is CNC(C)(C)c1cc(N2c3nc(Nc4ccc5c(c4)CCNC5)ncc3C(O)N2C(C)C)ccn1. The van der Waals surface area contributed by atoms with Crippen LogP contribution in [0, 0.1) is 0 Å². The minimum absolute atomic E-state index is 0.0267. The van der Waals surface area contributed by atoms with Crippen LogP contribution in [0.2, 0.25) is 0 Å². The zero-order valence-electron chi connectivity index (χ0n) is 21.0. The molecule has 1 atom stereocenters. The first-order valence-electron chi connectivity index (χ1n) is 12.2. The summed E-state index contributed by atoms with van der Waals surface area (Å²) >= 11 is 0. The van der Waals surface area contributed by atoms with Crippen molar-refractivity contribution in [1.29, 1.82) is 0 Å². The van der Waals surface area contributed by atoms with Gasteiger partial charge in [-0.15, -0.1) is 0 Å². The summed E-state index contributed by atoms with van der Waals surface area (Å²) in [7, 11) is 1.92. The summed E-state index contributed by atoms with van der Waals surface area (Å²) in [6.45, 7) is 10.2. The summed E-state index contributed by atoms with van der Waals surface area (Å²) in [5.41, 5.74) is 5.78. The van der Waals surface area contributed by atoms with Gasteiger partial charge in [0.2, 0.25) is 5.95 Å². The number of anilines is 4. The highest BCUT2D eigenvalue weighted by Crippen LogP contribution is 2.43. The molecule has 3 aromatic rings. The fourth-order valence-corrected chi connectivity index (χ4v) is 4.63. The van der Waals surface area contributed by atoms with Crippen molar-refractivity contribution >= 4 is 23.1 Å². The van der Waals surface area contributed by atoms with Gasteiger partial charge in [-0.2, -0.15) is 9.99 Å². The van der Waals surface area contributed by atoms with E-state index >= 15 is 0 Å². The molecule has 0 amide bonds. The molecule has 1 unspecified atom stereocenters. The number of aromatic nitrogens is 3. The van der Waals surface area contributed by atoms with E-state index in [4.69, 9.17) is 4.98 Å². The lowest BCUT2D eigenvalue weighted by atomic mass is 10.00. The standard InChI is InChI=1S/C26H34N8O/c1-16(2)33-24(35)21-15-30-25(31-19-7-6-18-14-28-10-8-17(18)12-19)32-23(21)34(33)20-9-11-29-22(13-20)26(3,4)27-5/h6-7,9,11-13,15-16,24,27-28,35H,8,10,14H2,1-5H3,(H,30,31,32). The molecule has 0 bridgehead atoms. The summed E-state index contributed by atoms with van der Waals surface area (Å²) in [5, 5.41) is 25.2. The topological polar surface area (TPSA) is 101 Å². The van der Waals surface area contributed by atoms with E-state index in [9.17, 15) is 5.11 Å². The van der Waals surface area contributed by atoms with Gasteiger partial charge in [0, 0.05) is 30.7 Å². The van der Waals surface area contributed by atoms with Crippen molar-refractivity contribution < 1.29 is 5.11 Å². The summed E-state index contributed by atoms with van der Waals surface area (Å²) in [4.78, 5) is 14.0. The van der Waals surface area contributed by atoms with Gasteiger partial charge in [0.15, 0.2) is 12.0 Å². The van der Waals surface area contributed by atoms with Crippen LogP contribution in [0.1, 0.15) is 56.3 Å². The highest BCUT2D eigenvalue weighted by molar-refractivity contribution is 5.67. The number of hydrazine groups is 1. The van der Waals surface area contributed by atoms with Crippen molar-refractivity contribution in [2.24, 2.45) is 0 Å². The van der Waals surface area contributed by atoms with Crippen LogP contribution in [-0.4, -0.2) is 44.7 Å². The minimum Gasteiger partial charge on any atom is -0.372 e. The molecule has 0 saturated carbocycles. The lowest BCUT2D eigenvalue weighted by Crippen LogP contribution is -2.42. The molecule has 0 radical (unpaired) electrons. The minimum atomic E-state index is -0.843. The first-order valence-corrected chi connectivity index (χ1v) is 12.2. The predicted octanol–water partition coefficient (Wildman–Crippen LogP) is 3.48. The average Bonchev–Trinajstić information content (AvgIpc) is 3.16. The Balaban J connectivity index is 1.53. The number of nitrogens with one attached hydrogen (secondary N) is 3. The summed E-state index contributed by atoms with van der Waals surface area (Å²) in [5.74, 6) is 1.15. The third-order valence-electron chi connectivity index (χ3n) is 6.89. The quantitative estimate of drug-likeness (QED) is 0.428. The number of benzene rings is 1. The molecular formula is C26H34N8O. The van der Waals surface area contributed by atoms with E-state index in [1.54, 1.807) is 12.4 Å². The van der Waals surface area contributed by atoms with Crippen LogP contribution in [0.4, 0.5) is 23.1 Å². The van der Waals surface area contributed by atoms with Crippen molar-refractivity contribution in [2.45, 2.75) is 58.5 Å². The Kier molecular flexibility index (Phi) is 6.18. The van der Waals surface area contributed by atoms with E-state index in [1.807, 2.05) is 29.2 Å². The van der Waals surface area contributed by atoms with Crippen molar-refractivity contribution in [3.05, 3.63) is 65.1 Å². The molecule has 0 saturated heterocycles. The molecule has 184 valence electrons. The first-order chi connectivity index (χ1) is 16.8. The second-order valence-electron chi connectivity index (χ2n) is 9.94. The van der Waals surface area contributed by atoms with Crippen molar-refractivity contribution in [3.63, 3.8) is 0 Å². The van der Waals surface area contributed by atoms with E-state index in [0.717, 1.165) is 36.6 Å². The Morgan fingerprint density at radius 1 is 1.14 bits per heavy atom. The maximum Gasteiger partial charge on any atom is 0.229 e. The Morgan fingerprint density at radius 2 is 1.97 bits per heavy atom. The van der Waals surface area contributed by atoms with E-state index < -0.39 is 6.23 Å². The Bertz CT molecular complexity index is 1230. The third-order valence-corrected chi connectivity index (χ3v) is 6.89. The zero-order valence-corrected chi connectivity index (χ0v) is 21.0. The van der Waals surface area contributed by atoms with Gasteiger partial charge < -0.3 is 21.1 Å². The van der Waals surface area contributed by atoms with Gasteiger partial charge in [-0.3, -0.25) is 9.99 Å². The molecule has 4 heterocycles. The monoisotopic (exact) mass is 474 g/mol.